The van der Waals surface area contributed by atoms with Gasteiger partial charge in [-0.1, -0.05) is 182 Å². The first-order valence-corrected chi connectivity index (χ1v) is 17.4. The summed E-state index contributed by atoms with van der Waals surface area (Å²) in [6.45, 7) is 0. The van der Waals surface area contributed by atoms with E-state index in [4.69, 9.17) is 0 Å². The summed E-state index contributed by atoms with van der Waals surface area (Å²) in [5.41, 5.74) is 10.0. The Labute approximate surface area is 291 Å². The standard InChI is InChI=1S/C50H32/c1-2-14-34(15-3-1)47-32-48-39(23-12-24-42(48)40-17-6-7-18-41(40)47)35-26-28-36(29-27-35)49-43-19-8-10-21-45(43)50(46-22-11-9-20-44(46)49)38-30-25-33-13-4-5-16-37(33)31-38/h1-32H. The van der Waals surface area contributed by atoms with Crippen LogP contribution in [0.15, 0.2) is 194 Å². The predicted molar refractivity (Wildman–Crippen MR) is 216 cm³/mol. The van der Waals surface area contributed by atoms with Gasteiger partial charge in [-0.25, -0.2) is 0 Å². The molecule has 0 radical (unpaired) electrons. The molecular formula is C50H32. The second-order valence-electron chi connectivity index (χ2n) is 13.2. The molecule has 232 valence electrons. The average molecular weight is 633 g/mol. The van der Waals surface area contributed by atoms with E-state index in [1.807, 2.05) is 0 Å². The highest BCUT2D eigenvalue weighted by atomic mass is 14.2. The van der Waals surface area contributed by atoms with E-state index in [2.05, 4.69) is 194 Å². The second kappa shape index (κ2) is 11.6. The van der Waals surface area contributed by atoms with Crippen molar-refractivity contribution in [3.8, 4) is 44.5 Å². The summed E-state index contributed by atoms with van der Waals surface area (Å²) < 4.78 is 0. The van der Waals surface area contributed by atoms with Crippen LogP contribution in [0, 0.1) is 0 Å². The third kappa shape index (κ3) is 4.54. The van der Waals surface area contributed by atoms with Crippen LogP contribution >= 0.6 is 0 Å². The van der Waals surface area contributed by atoms with Crippen molar-refractivity contribution in [1.82, 2.24) is 0 Å². The number of hydrogen-bond acceptors (Lipinski definition) is 0. The molecule has 0 saturated carbocycles. The first-order valence-electron chi connectivity index (χ1n) is 17.4. The molecule has 0 atom stereocenters. The summed E-state index contributed by atoms with van der Waals surface area (Å²) in [6.07, 6.45) is 0. The van der Waals surface area contributed by atoms with Crippen molar-refractivity contribution in [2.24, 2.45) is 0 Å². The van der Waals surface area contributed by atoms with Gasteiger partial charge in [-0.2, -0.15) is 0 Å². The Morgan fingerprint density at radius 2 is 0.660 bits per heavy atom. The zero-order valence-corrected chi connectivity index (χ0v) is 27.5. The zero-order valence-electron chi connectivity index (χ0n) is 27.5. The van der Waals surface area contributed by atoms with Gasteiger partial charge in [0.1, 0.15) is 0 Å². The van der Waals surface area contributed by atoms with E-state index >= 15 is 0 Å². The first-order chi connectivity index (χ1) is 24.8. The Balaban J connectivity index is 1.16. The summed E-state index contributed by atoms with van der Waals surface area (Å²) >= 11 is 0. The molecule has 0 saturated heterocycles. The second-order valence-corrected chi connectivity index (χ2v) is 13.2. The van der Waals surface area contributed by atoms with E-state index in [1.54, 1.807) is 0 Å². The van der Waals surface area contributed by atoms with Crippen LogP contribution in [-0.2, 0) is 0 Å². The minimum absolute atomic E-state index is 1.22. The Hall–Kier alpha value is -6.50. The van der Waals surface area contributed by atoms with Crippen LogP contribution in [0.25, 0.3) is 98.4 Å². The lowest BCUT2D eigenvalue weighted by atomic mass is 9.85. The number of rotatable bonds is 4. The van der Waals surface area contributed by atoms with Crippen LogP contribution in [0.3, 0.4) is 0 Å². The molecule has 0 aliphatic heterocycles. The van der Waals surface area contributed by atoms with E-state index in [-0.39, 0.29) is 0 Å². The van der Waals surface area contributed by atoms with E-state index in [0.29, 0.717) is 0 Å². The van der Waals surface area contributed by atoms with E-state index in [1.165, 1.54) is 98.4 Å². The molecule has 0 N–H and O–H groups in total. The fourth-order valence-corrected chi connectivity index (χ4v) is 8.15. The van der Waals surface area contributed by atoms with Gasteiger partial charge in [0, 0.05) is 0 Å². The topological polar surface area (TPSA) is 0 Å². The van der Waals surface area contributed by atoms with E-state index in [0.717, 1.165) is 0 Å². The normalized spacial score (nSPS) is 11.6. The lowest BCUT2D eigenvalue weighted by molar-refractivity contribution is 1.63. The SMILES string of the molecule is c1ccc(-c2cc3c(-c4ccc(-c5c6ccccc6c(-c6ccc7ccccc7c6)c6ccccc56)cc4)cccc3c3ccccc23)cc1. The van der Waals surface area contributed by atoms with Crippen molar-refractivity contribution >= 4 is 53.9 Å². The molecule has 0 fully saturated rings. The molecule has 50 heavy (non-hydrogen) atoms. The Bertz CT molecular complexity index is 2840. The Kier molecular flexibility index (Phi) is 6.60. The van der Waals surface area contributed by atoms with Crippen LogP contribution in [0.4, 0.5) is 0 Å². The Morgan fingerprint density at radius 1 is 0.200 bits per heavy atom. The molecule has 0 heteroatoms. The predicted octanol–water partition coefficient (Wildman–Crippen LogP) is 14.1. The summed E-state index contributed by atoms with van der Waals surface area (Å²) in [5, 5.41) is 12.7. The van der Waals surface area contributed by atoms with Crippen LogP contribution in [0.2, 0.25) is 0 Å². The van der Waals surface area contributed by atoms with Crippen molar-refractivity contribution in [2.75, 3.05) is 0 Å². The van der Waals surface area contributed by atoms with Crippen LogP contribution < -0.4 is 0 Å². The zero-order chi connectivity index (χ0) is 33.0. The number of hydrogen-bond donors (Lipinski definition) is 0. The maximum Gasteiger partial charge on any atom is -0.00262 e. The largest absolute Gasteiger partial charge is 0.0622 e. The van der Waals surface area contributed by atoms with Crippen LogP contribution in [0.5, 0.6) is 0 Å². The molecule has 0 heterocycles. The van der Waals surface area contributed by atoms with Gasteiger partial charge in [-0.05, 0) is 111 Å². The van der Waals surface area contributed by atoms with Crippen molar-refractivity contribution in [3.63, 3.8) is 0 Å². The summed E-state index contributed by atoms with van der Waals surface area (Å²) in [6, 6.07) is 71.3. The van der Waals surface area contributed by atoms with Crippen molar-refractivity contribution in [3.05, 3.63) is 194 Å². The summed E-state index contributed by atoms with van der Waals surface area (Å²) in [4.78, 5) is 0. The third-order valence-electron chi connectivity index (χ3n) is 10.4. The van der Waals surface area contributed by atoms with Gasteiger partial charge >= 0.3 is 0 Å². The highest BCUT2D eigenvalue weighted by molar-refractivity contribution is 6.22. The fourth-order valence-electron chi connectivity index (χ4n) is 8.15. The van der Waals surface area contributed by atoms with Gasteiger partial charge in [0.25, 0.3) is 0 Å². The van der Waals surface area contributed by atoms with Crippen LogP contribution in [-0.4, -0.2) is 0 Å². The highest BCUT2D eigenvalue weighted by Gasteiger charge is 2.17. The smallest absolute Gasteiger partial charge is 0.00262 e. The first kappa shape index (κ1) is 28.5. The molecule has 10 aromatic rings. The molecule has 0 unspecified atom stereocenters. The molecule has 0 aliphatic carbocycles. The molecule has 0 aliphatic rings. The van der Waals surface area contributed by atoms with Gasteiger partial charge in [-0.3, -0.25) is 0 Å². The molecule has 0 nitrogen and oxygen atoms in total. The molecule has 10 aromatic carbocycles. The summed E-state index contributed by atoms with van der Waals surface area (Å²) in [7, 11) is 0. The van der Waals surface area contributed by atoms with Gasteiger partial charge in [0.2, 0.25) is 0 Å². The maximum absolute atomic E-state index is 2.39. The van der Waals surface area contributed by atoms with Gasteiger partial charge in [-0.15, -0.1) is 0 Å². The van der Waals surface area contributed by atoms with Gasteiger partial charge in [0.05, 0.1) is 0 Å². The average Bonchev–Trinajstić information content (AvgIpc) is 3.19. The number of benzene rings is 10. The molecule has 10 rings (SSSR count). The lowest BCUT2D eigenvalue weighted by Gasteiger charge is -2.18. The Morgan fingerprint density at radius 3 is 1.34 bits per heavy atom. The van der Waals surface area contributed by atoms with E-state index < -0.39 is 0 Å². The van der Waals surface area contributed by atoms with Gasteiger partial charge < -0.3 is 0 Å². The molecule has 0 amide bonds. The molecular weight excluding hydrogens is 601 g/mol. The van der Waals surface area contributed by atoms with Crippen molar-refractivity contribution in [1.29, 1.82) is 0 Å². The molecule has 0 bridgehead atoms. The lowest BCUT2D eigenvalue weighted by Crippen LogP contribution is -1.91. The monoisotopic (exact) mass is 632 g/mol. The minimum atomic E-state index is 1.22. The molecule has 0 spiro atoms. The maximum atomic E-state index is 2.39. The number of fused-ring (bicyclic) bond motifs is 6. The fraction of sp³-hybridized carbons (Fsp3) is 0. The minimum Gasteiger partial charge on any atom is -0.0622 e. The van der Waals surface area contributed by atoms with Crippen molar-refractivity contribution < 1.29 is 0 Å². The van der Waals surface area contributed by atoms with E-state index in [9.17, 15) is 0 Å². The highest BCUT2D eigenvalue weighted by Crippen LogP contribution is 2.45. The quantitative estimate of drug-likeness (QED) is 0.134. The van der Waals surface area contributed by atoms with Crippen molar-refractivity contribution in [2.45, 2.75) is 0 Å². The van der Waals surface area contributed by atoms with Crippen LogP contribution in [0.1, 0.15) is 0 Å². The molecule has 0 aromatic heterocycles. The van der Waals surface area contributed by atoms with Gasteiger partial charge in [0.15, 0.2) is 0 Å². The third-order valence-corrected chi connectivity index (χ3v) is 10.4. The summed E-state index contributed by atoms with van der Waals surface area (Å²) in [5.74, 6) is 0.